The average Bonchev–Trinajstić information content (AvgIpc) is 2.28. The maximum absolute atomic E-state index is 12.4. The highest BCUT2D eigenvalue weighted by Crippen LogP contribution is 2.33. The van der Waals surface area contributed by atoms with Crippen molar-refractivity contribution in [2.75, 3.05) is 13.2 Å². The first-order valence-corrected chi connectivity index (χ1v) is 4.84. The van der Waals surface area contributed by atoms with Crippen LogP contribution in [0.4, 0.5) is 13.2 Å². The van der Waals surface area contributed by atoms with Crippen LogP contribution in [0.5, 0.6) is 5.75 Å². The summed E-state index contributed by atoms with van der Waals surface area (Å²) in [6.45, 7) is 0.123. The van der Waals surface area contributed by atoms with Gasteiger partial charge < -0.3 is 9.84 Å². The van der Waals surface area contributed by atoms with E-state index in [1.807, 2.05) is 0 Å². The predicted molar refractivity (Wildman–Crippen MR) is 53.4 cm³/mol. The molecule has 1 rings (SSSR count). The number of nitrogens with zero attached hydrogens (tertiary/aromatic N) is 1. The molecule has 0 aromatic heterocycles. The van der Waals surface area contributed by atoms with Gasteiger partial charge in [0.05, 0.1) is 23.8 Å². The van der Waals surface area contributed by atoms with Gasteiger partial charge in [0.15, 0.2) is 0 Å². The normalized spacial score (nSPS) is 11.0. The van der Waals surface area contributed by atoms with E-state index in [9.17, 15) is 13.2 Å². The van der Waals surface area contributed by atoms with E-state index in [1.54, 1.807) is 0 Å². The third-order valence-electron chi connectivity index (χ3n) is 1.99. The third kappa shape index (κ3) is 3.64. The van der Waals surface area contributed by atoms with Crippen molar-refractivity contribution in [2.24, 2.45) is 0 Å². The summed E-state index contributed by atoms with van der Waals surface area (Å²) in [4.78, 5) is 0. The molecule has 0 fully saturated rings. The van der Waals surface area contributed by atoms with Crippen LogP contribution in [0.3, 0.4) is 0 Å². The van der Waals surface area contributed by atoms with Gasteiger partial charge in [0, 0.05) is 13.0 Å². The Labute approximate surface area is 96.1 Å². The molecule has 1 N–H and O–H groups in total. The molecule has 0 atom stereocenters. The summed E-state index contributed by atoms with van der Waals surface area (Å²) in [7, 11) is 0. The number of ether oxygens (including phenoxy) is 1. The molecule has 92 valence electrons. The maximum Gasteiger partial charge on any atom is 0.417 e. The Kier molecular flexibility index (Phi) is 4.35. The van der Waals surface area contributed by atoms with Crippen molar-refractivity contribution in [1.29, 1.82) is 5.26 Å². The third-order valence-corrected chi connectivity index (χ3v) is 1.99. The molecule has 0 aliphatic carbocycles. The number of hydrogen-bond donors (Lipinski definition) is 1. The number of nitriles is 1. The monoisotopic (exact) mass is 245 g/mol. The highest BCUT2D eigenvalue weighted by Gasteiger charge is 2.33. The Hall–Kier alpha value is -1.74. The number of benzene rings is 1. The maximum atomic E-state index is 12.4. The standard InChI is InChI=1S/C11H10F3NO2/c12-11(13,14)10-3-2-9(6-8(10)7-15)17-5-1-4-16/h2-3,6,16H,1,4-5H2. The number of alkyl halides is 3. The molecule has 0 spiro atoms. The molecule has 3 nitrogen and oxygen atoms in total. The van der Waals surface area contributed by atoms with Crippen LogP contribution in [-0.2, 0) is 6.18 Å². The Bertz CT molecular complexity index is 424. The molecule has 0 radical (unpaired) electrons. The lowest BCUT2D eigenvalue weighted by atomic mass is 10.1. The average molecular weight is 245 g/mol. The second-order valence-corrected chi connectivity index (χ2v) is 3.24. The number of hydrogen-bond acceptors (Lipinski definition) is 3. The van der Waals surface area contributed by atoms with E-state index in [1.165, 1.54) is 6.07 Å². The van der Waals surface area contributed by atoms with Crippen molar-refractivity contribution < 1.29 is 23.0 Å². The van der Waals surface area contributed by atoms with Crippen molar-refractivity contribution in [3.8, 4) is 11.8 Å². The Morgan fingerprint density at radius 2 is 2.06 bits per heavy atom. The summed E-state index contributed by atoms with van der Waals surface area (Å²) in [5.74, 6) is 0.183. The lowest BCUT2D eigenvalue weighted by Gasteiger charge is -2.10. The van der Waals surface area contributed by atoms with Gasteiger partial charge >= 0.3 is 6.18 Å². The van der Waals surface area contributed by atoms with Gasteiger partial charge in [0.2, 0.25) is 0 Å². The van der Waals surface area contributed by atoms with E-state index in [2.05, 4.69) is 0 Å². The number of aliphatic hydroxyl groups is 1. The van der Waals surface area contributed by atoms with E-state index < -0.39 is 17.3 Å². The van der Waals surface area contributed by atoms with Gasteiger partial charge in [-0.2, -0.15) is 18.4 Å². The first-order chi connectivity index (χ1) is 7.99. The summed E-state index contributed by atoms with van der Waals surface area (Å²) in [5, 5.41) is 17.1. The van der Waals surface area contributed by atoms with E-state index in [0.717, 1.165) is 18.2 Å². The van der Waals surface area contributed by atoms with Crippen molar-refractivity contribution in [1.82, 2.24) is 0 Å². The van der Waals surface area contributed by atoms with Crippen LogP contribution in [0.1, 0.15) is 17.5 Å². The highest BCUT2D eigenvalue weighted by molar-refractivity contribution is 5.44. The summed E-state index contributed by atoms with van der Waals surface area (Å²) in [5.41, 5.74) is -1.45. The Morgan fingerprint density at radius 1 is 1.35 bits per heavy atom. The largest absolute Gasteiger partial charge is 0.493 e. The second-order valence-electron chi connectivity index (χ2n) is 3.24. The lowest BCUT2D eigenvalue weighted by molar-refractivity contribution is -0.137. The van der Waals surface area contributed by atoms with Gasteiger partial charge in [0.1, 0.15) is 5.75 Å². The first kappa shape index (κ1) is 13.3. The quantitative estimate of drug-likeness (QED) is 0.828. The van der Waals surface area contributed by atoms with Crippen LogP contribution >= 0.6 is 0 Å². The predicted octanol–water partition coefficient (Wildman–Crippen LogP) is 2.34. The summed E-state index contributed by atoms with van der Waals surface area (Å²) in [6.07, 6.45) is -4.17. The highest BCUT2D eigenvalue weighted by atomic mass is 19.4. The summed E-state index contributed by atoms with van der Waals surface area (Å²) < 4.78 is 42.4. The molecule has 0 saturated carbocycles. The Balaban J connectivity index is 2.90. The fourth-order valence-electron chi connectivity index (χ4n) is 1.21. The minimum atomic E-state index is -4.55. The van der Waals surface area contributed by atoms with E-state index in [0.29, 0.717) is 6.42 Å². The molecular formula is C11H10F3NO2. The fraction of sp³-hybridized carbons (Fsp3) is 0.364. The molecule has 17 heavy (non-hydrogen) atoms. The van der Waals surface area contributed by atoms with Crippen molar-refractivity contribution in [3.05, 3.63) is 29.3 Å². The van der Waals surface area contributed by atoms with E-state index in [-0.39, 0.29) is 19.0 Å². The second kappa shape index (κ2) is 5.55. The number of aliphatic hydroxyl groups excluding tert-OH is 1. The lowest BCUT2D eigenvalue weighted by Crippen LogP contribution is -2.08. The summed E-state index contributed by atoms with van der Waals surface area (Å²) in [6, 6.07) is 4.49. The topological polar surface area (TPSA) is 53.2 Å². The minimum Gasteiger partial charge on any atom is -0.493 e. The van der Waals surface area contributed by atoms with Crippen LogP contribution in [-0.4, -0.2) is 18.3 Å². The molecule has 6 heteroatoms. The van der Waals surface area contributed by atoms with E-state index in [4.69, 9.17) is 15.1 Å². The van der Waals surface area contributed by atoms with Gasteiger partial charge in [-0.05, 0) is 18.2 Å². The zero-order valence-corrected chi connectivity index (χ0v) is 8.79. The van der Waals surface area contributed by atoms with Gasteiger partial charge in [-0.15, -0.1) is 0 Å². The molecule has 0 amide bonds. The summed E-state index contributed by atoms with van der Waals surface area (Å²) >= 11 is 0. The minimum absolute atomic E-state index is 0.0637. The van der Waals surface area contributed by atoms with Gasteiger partial charge in [-0.25, -0.2) is 0 Å². The zero-order chi connectivity index (χ0) is 12.9. The first-order valence-electron chi connectivity index (χ1n) is 4.84. The molecule has 0 heterocycles. The number of halogens is 3. The molecule has 1 aromatic carbocycles. The van der Waals surface area contributed by atoms with Crippen LogP contribution in [0.25, 0.3) is 0 Å². The van der Waals surface area contributed by atoms with E-state index >= 15 is 0 Å². The van der Waals surface area contributed by atoms with Crippen LogP contribution in [0.15, 0.2) is 18.2 Å². The van der Waals surface area contributed by atoms with Gasteiger partial charge in [0.25, 0.3) is 0 Å². The van der Waals surface area contributed by atoms with Gasteiger partial charge in [-0.3, -0.25) is 0 Å². The zero-order valence-electron chi connectivity index (χ0n) is 8.79. The van der Waals surface area contributed by atoms with Gasteiger partial charge in [-0.1, -0.05) is 0 Å². The molecular weight excluding hydrogens is 235 g/mol. The molecule has 0 unspecified atom stereocenters. The smallest absolute Gasteiger partial charge is 0.417 e. The molecule has 0 saturated heterocycles. The molecule has 0 aliphatic heterocycles. The van der Waals surface area contributed by atoms with Crippen LogP contribution in [0.2, 0.25) is 0 Å². The number of rotatable bonds is 4. The van der Waals surface area contributed by atoms with Crippen molar-refractivity contribution >= 4 is 0 Å². The molecule has 0 aliphatic rings. The fourth-order valence-corrected chi connectivity index (χ4v) is 1.21. The Morgan fingerprint density at radius 3 is 2.59 bits per heavy atom. The van der Waals surface area contributed by atoms with Crippen LogP contribution < -0.4 is 4.74 Å². The van der Waals surface area contributed by atoms with Crippen molar-refractivity contribution in [3.63, 3.8) is 0 Å². The van der Waals surface area contributed by atoms with Crippen LogP contribution in [0, 0.1) is 11.3 Å². The van der Waals surface area contributed by atoms with Crippen molar-refractivity contribution in [2.45, 2.75) is 12.6 Å². The molecule has 0 bridgehead atoms. The SMILES string of the molecule is N#Cc1cc(OCCCO)ccc1C(F)(F)F. The molecule has 1 aromatic rings.